The fraction of sp³-hybridized carbons (Fsp3) is 0.375. The van der Waals surface area contributed by atoms with Gasteiger partial charge in [0, 0.05) is 36.5 Å². The van der Waals surface area contributed by atoms with Crippen molar-refractivity contribution in [3.63, 3.8) is 0 Å². The molecular formula is C24H24FN3O3. The first-order valence-electron chi connectivity index (χ1n) is 10.7. The number of aryl methyl sites for hydroxylation is 2. The van der Waals surface area contributed by atoms with Crippen molar-refractivity contribution in [2.75, 3.05) is 19.7 Å². The lowest BCUT2D eigenvalue weighted by molar-refractivity contribution is -0.0247. The minimum atomic E-state index is -0.482. The Labute approximate surface area is 180 Å². The normalized spacial score (nSPS) is 18.6. The summed E-state index contributed by atoms with van der Waals surface area (Å²) in [7, 11) is 0. The molecule has 0 N–H and O–H groups in total. The number of fused-ring (bicyclic) bond motifs is 1. The van der Waals surface area contributed by atoms with Crippen LogP contribution in [0.1, 0.15) is 52.1 Å². The van der Waals surface area contributed by atoms with E-state index in [1.165, 1.54) is 12.3 Å². The molecule has 1 aliphatic carbocycles. The molecule has 0 spiro atoms. The van der Waals surface area contributed by atoms with Gasteiger partial charge in [-0.2, -0.15) is 0 Å². The Bertz CT molecular complexity index is 1130. The highest BCUT2D eigenvalue weighted by Gasteiger charge is 2.33. The number of amides is 1. The predicted octanol–water partition coefficient (Wildman–Crippen LogP) is 4.28. The lowest BCUT2D eigenvalue weighted by Gasteiger charge is -2.33. The molecule has 2 aromatic heterocycles. The van der Waals surface area contributed by atoms with E-state index in [4.69, 9.17) is 9.15 Å². The molecule has 3 aromatic rings. The van der Waals surface area contributed by atoms with E-state index in [1.807, 2.05) is 6.92 Å². The summed E-state index contributed by atoms with van der Waals surface area (Å²) in [5.41, 5.74) is 3.11. The van der Waals surface area contributed by atoms with Crippen LogP contribution in [0.25, 0.3) is 11.3 Å². The zero-order valence-corrected chi connectivity index (χ0v) is 17.4. The molecular weight excluding hydrogens is 397 g/mol. The Hall–Kier alpha value is -3.06. The summed E-state index contributed by atoms with van der Waals surface area (Å²) in [6.07, 6.45) is 6.56. The number of benzene rings is 1. The van der Waals surface area contributed by atoms with Crippen LogP contribution in [-0.4, -0.2) is 40.5 Å². The minimum absolute atomic E-state index is 0.0333. The molecule has 0 unspecified atom stereocenters. The molecule has 2 aliphatic rings. The first-order chi connectivity index (χ1) is 15.1. The third-order valence-corrected chi connectivity index (χ3v) is 6.08. The van der Waals surface area contributed by atoms with Gasteiger partial charge in [0.05, 0.1) is 30.1 Å². The van der Waals surface area contributed by atoms with Crippen molar-refractivity contribution < 1.29 is 18.3 Å². The molecule has 31 heavy (non-hydrogen) atoms. The molecule has 5 rings (SSSR count). The molecule has 0 saturated carbocycles. The Morgan fingerprint density at radius 2 is 1.97 bits per heavy atom. The van der Waals surface area contributed by atoms with E-state index < -0.39 is 6.10 Å². The van der Waals surface area contributed by atoms with Gasteiger partial charge in [-0.15, -0.1) is 0 Å². The highest BCUT2D eigenvalue weighted by molar-refractivity contribution is 5.97. The molecule has 3 heterocycles. The van der Waals surface area contributed by atoms with Crippen LogP contribution in [0.2, 0.25) is 0 Å². The van der Waals surface area contributed by atoms with E-state index in [1.54, 1.807) is 29.3 Å². The average molecular weight is 421 g/mol. The van der Waals surface area contributed by atoms with Crippen molar-refractivity contribution in [3.8, 4) is 11.3 Å². The molecule has 1 atom stereocenters. The van der Waals surface area contributed by atoms with Crippen LogP contribution in [0.5, 0.6) is 0 Å². The highest BCUT2D eigenvalue weighted by atomic mass is 19.1. The van der Waals surface area contributed by atoms with E-state index in [0.717, 1.165) is 37.0 Å². The maximum Gasteiger partial charge on any atom is 0.257 e. The van der Waals surface area contributed by atoms with Crippen LogP contribution >= 0.6 is 0 Å². The quantitative estimate of drug-likeness (QED) is 0.632. The van der Waals surface area contributed by atoms with Crippen LogP contribution in [-0.2, 0) is 17.6 Å². The van der Waals surface area contributed by atoms with Gasteiger partial charge in [0.15, 0.2) is 0 Å². The zero-order chi connectivity index (χ0) is 21.4. The van der Waals surface area contributed by atoms with Gasteiger partial charge in [-0.1, -0.05) is 12.1 Å². The first kappa shape index (κ1) is 19.9. The summed E-state index contributed by atoms with van der Waals surface area (Å²) >= 11 is 0. The van der Waals surface area contributed by atoms with Crippen LogP contribution in [0.15, 0.2) is 41.1 Å². The van der Waals surface area contributed by atoms with Gasteiger partial charge in [0.1, 0.15) is 23.4 Å². The Kier molecular flexibility index (Phi) is 5.28. The number of aromatic nitrogens is 2. The predicted molar refractivity (Wildman–Crippen MR) is 112 cm³/mol. The molecule has 1 aromatic carbocycles. The van der Waals surface area contributed by atoms with Crippen LogP contribution in [0.3, 0.4) is 0 Å². The number of nitrogens with zero attached hydrogens (tertiary/aromatic N) is 3. The summed E-state index contributed by atoms with van der Waals surface area (Å²) in [5.74, 6) is 1.24. The number of hydrogen-bond acceptors (Lipinski definition) is 5. The molecule has 7 heteroatoms. The second-order valence-corrected chi connectivity index (χ2v) is 8.02. The van der Waals surface area contributed by atoms with Gasteiger partial charge in [-0.25, -0.2) is 4.39 Å². The minimum Gasteiger partial charge on any atom is -0.465 e. The molecule has 1 aliphatic heterocycles. The first-order valence-corrected chi connectivity index (χ1v) is 10.7. The molecule has 160 valence electrons. The van der Waals surface area contributed by atoms with Gasteiger partial charge in [-0.05, 0) is 38.3 Å². The number of hydrogen-bond donors (Lipinski definition) is 0. The standard InChI is InChI=1S/C24H24FN3O3/c1-15-21(17-7-3-5-9-19(17)31-15)24(29)28-12-13-30-20(14-28)23-22(26-10-11-27-23)16-6-2-4-8-18(16)25/h2,4,6,8,10-11,20H,3,5,7,9,12-14H2,1H3/t20-/m1/s1. The molecule has 0 radical (unpaired) electrons. The maximum atomic E-state index is 14.4. The molecule has 1 amide bonds. The van der Waals surface area contributed by atoms with Crippen LogP contribution in [0, 0.1) is 12.7 Å². The van der Waals surface area contributed by atoms with Crippen molar-refractivity contribution in [2.24, 2.45) is 0 Å². The van der Waals surface area contributed by atoms with Gasteiger partial charge in [0.2, 0.25) is 0 Å². The van der Waals surface area contributed by atoms with Gasteiger partial charge < -0.3 is 14.1 Å². The fourth-order valence-corrected chi connectivity index (χ4v) is 4.59. The number of carbonyl (C=O) groups excluding carboxylic acids is 1. The molecule has 1 saturated heterocycles. The van der Waals surface area contributed by atoms with Gasteiger partial charge >= 0.3 is 0 Å². The number of halogens is 1. The fourth-order valence-electron chi connectivity index (χ4n) is 4.59. The summed E-state index contributed by atoms with van der Waals surface area (Å²) in [4.78, 5) is 24.1. The van der Waals surface area contributed by atoms with Crippen molar-refractivity contribution in [2.45, 2.75) is 38.7 Å². The third kappa shape index (κ3) is 3.63. The summed E-state index contributed by atoms with van der Waals surface area (Å²) in [6.45, 7) is 3.06. The SMILES string of the molecule is Cc1oc2c(c1C(=O)N1CCO[C@@H](c3nccnc3-c3ccccc3F)C1)CCCC2. The summed E-state index contributed by atoms with van der Waals surface area (Å²) in [6, 6.07) is 6.48. The van der Waals surface area contributed by atoms with Gasteiger partial charge in [0.25, 0.3) is 5.91 Å². The van der Waals surface area contributed by atoms with Crippen molar-refractivity contribution in [3.05, 3.63) is 70.8 Å². The number of furan rings is 1. The molecule has 0 bridgehead atoms. The van der Waals surface area contributed by atoms with Crippen molar-refractivity contribution >= 4 is 5.91 Å². The van der Waals surface area contributed by atoms with Crippen molar-refractivity contribution in [1.82, 2.24) is 14.9 Å². The van der Waals surface area contributed by atoms with E-state index in [9.17, 15) is 9.18 Å². The maximum absolute atomic E-state index is 14.4. The monoisotopic (exact) mass is 421 g/mol. The highest BCUT2D eigenvalue weighted by Crippen LogP contribution is 2.33. The lowest BCUT2D eigenvalue weighted by atomic mass is 9.94. The molecule has 6 nitrogen and oxygen atoms in total. The largest absolute Gasteiger partial charge is 0.465 e. The van der Waals surface area contributed by atoms with E-state index in [-0.39, 0.29) is 11.7 Å². The molecule has 1 fully saturated rings. The Balaban J connectivity index is 1.44. The Morgan fingerprint density at radius 1 is 1.16 bits per heavy atom. The third-order valence-electron chi connectivity index (χ3n) is 6.08. The second kappa shape index (κ2) is 8.23. The second-order valence-electron chi connectivity index (χ2n) is 8.02. The van der Waals surface area contributed by atoms with Crippen LogP contribution < -0.4 is 0 Å². The number of morpholine rings is 1. The lowest BCUT2D eigenvalue weighted by Crippen LogP contribution is -2.43. The van der Waals surface area contributed by atoms with Gasteiger partial charge in [-0.3, -0.25) is 14.8 Å². The van der Waals surface area contributed by atoms with E-state index in [0.29, 0.717) is 48.0 Å². The smallest absolute Gasteiger partial charge is 0.257 e. The van der Waals surface area contributed by atoms with Crippen LogP contribution in [0.4, 0.5) is 4.39 Å². The zero-order valence-electron chi connectivity index (χ0n) is 17.4. The van der Waals surface area contributed by atoms with E-state index in [2.05, 4.69) is 9.97 Å². The summed E-state index contributed by atoms with van der Waals surface area (Å²) in [5, 5.41) is 0. The number of ether oxygens (including phenoxy) is 1. The average Bonchev–Trinajstić information content (AvgIpc) is 3.14. The van der Waals surface area contributed by atoms with E-state index >= 15 is 0 Å². The topological polar surface area (TPSA) is 68.5 Å². The summed E-state index contributed by atoms with van der Waals surface area (Å²) < 4.78 is 26.3. The van der Waals surface area contributed by atoms with Crippen molar-refractivity contribution in [1.29, 1.82) is 0 Å². The Morgan fingerprint density at radius 3 is 2.84 bits per heavy atom. The number of carbonyl (C=O) groups is 1. The number of rotatable bonds is 3.